The van der Waals surface area contributed by atoms with E-state index in [-0.39, 0.29) is 4.90 Å². The number of Topliss-reactive ketones (excluding diaryl/α,β-unsaturated/α-hetero) is 1. The molecule has 0 fully saturated rings. The second-order valence-corrected chi connectivity index (χ2v) is 8.28. The van der Waals surface area contributed by atoms with Gasteiger partial charge in [-0.3, -0.25) is 24.2 Å². The van der Waals surface area contributed by atoms with Crippen molar-refractivity contribution in [2.75, 3.05) is 13.1 Å². The predicted molar refractivity (Wildman–Crippen MR) is 105 cm³/mol. The largest absolute Gasteiger partial charge is 0.444 e. The first kappa shape index (κ1) is 27.4. The summed E-state index contributed by atoms with van der Waals surface area (Å²) >= 11 is 0. The summed E-state index contributed by atoms with van der Waals surface area (Å²) in [4.78, 5) is 62.2. The third-order valence-corrected chi connectivity index (χ3v) is 4.26. The van der Waals surface area contributed by atoms with Crippen LogP contribution >= 0.6 is 0 Å². The number of hydrogen-bond acceptors (Lipinski definition) is 7. The van der Waals surface area contributed by atoms with Crippen LogP contribution in [0.2, 0.25) is 0 Å². The number of rotatable bonds is 7. The van der Waals surface area contributed by atoms with Crippen LogP contribution in [0.5, 0.6) is 5.75 Å². The van der Waals surface area contributed by atoms with Gasteiger partial charge in [-0.1, -0.05) is 0 Å². The predicted octanol–water partition coefficient (Wildman–Crippen LogP) is 2.41. The Morgan fingerprint density at radius 2 is 1.37 bits per heavy atom. The van der Waals surface area contributed by atoms with Gasteiger partial charge in [-0.25, -0.2) is 22.8 Å². The lowest BCUT2D eigenvalue weighted by Gasteiger charge is -2.31. The van der Waals surface area contributed by atoms with E-state index in [1.807, 2.05) is 0 Å². The van der Waals surface area contributed by atoms with Crippen molar-refractivity contribution in [1.82, 2.24) is 9.80 Å². The summed E-state index contributed by atoms with van der Waals surface area (Å²) in [6.07, 6.45) is 0.280. The lowest BCUT2D eigenvalue weighted by molar-refractivity contribution is -0.152. The van der Waals surface area contributed by atoms with Crippen molar-refractivity contribution in [3.63, 3.8) is 0 Å². The van der Waals surface area contributed by atoms with E-state index in [9.17, 15) is 45.9 Å². The highest BCUT2D eigenvalue weighted by molar-refractivity contribution is 6.15. The molecule has 190 valence electrons. The van der Waals surface area contributed by atoms with Crippen LogP contribution in [-0.2, 0) is 23.9 Å². The zero-order chi connectivity index (χ0) is 26.8. The molecule has 0 N–H and O–H groups in total. The molecule has 0 aliphatic carbocycles. The Labute approximate surface area is 195 Å². The lowest BCUT2D eigenvalue weighted by atomic mass is 10.2. The molecule has 1 atom stereocenters. The van der Waals surface area contributed by atoms with E-state index in [0.717, 1.165) is 19.1 Å². The van der Waals surface area contributed by atoms with Gasteiger partial charge in [-0.15, -0.1) is 0 Å². The zero-order valence-corrected chi connectivity index (χ0v) is 18.8. The molecular weight excluding hydrogens is 487 g/mol. The lowest BCUT2D eigenvalue weighted by Crippen LogP contribution is -2.55. The summed E-state index contributed by atoms with van der Waals surface area (Å²) in [7, 11) is 0. The summed E-state index contributed by atoms with van der Waals surface area (Å²) in [5.41, 5.74) is -1.08. The molecule has 3 amide bonds. The summed E-state index contributed by atoms with van der Waals surface area (Å²) in [6.45, 7) is 3.83. The minimum absolute atomic E-state index is 0.228. The maximum atomic E-state index is 14.0. The maximum absolute atomic E-state index is 14.0. The fourth-order valence-electron chi connectivity index (χ4n) is 2.83. The van der Waals surface area contributed by atoms with Crippen LogP contribution in [0.1, 0.15) is 27.7 Å². The number of ether oxygens (including phenoxy) is 2. The van der Waals surface area contributed by atoms with E-state index < -0.39 is 89.2 Å². The monoisotopic (exact) mass is 506 g/mol. The summed E-state index contributed by atoms with van der Waals surface area (Å²) in [5, 5.41) is 0. The van der Waals surface area contributed by atoms with E-state index in [4.69, 9.17) is 4.74 Å². The van der Waals surface area contributed by atoms with Gasteiger partial charge in [0.25, 0.3) is 11.8 Å². The van der Waals surface area contributed by atoms with Gasteiger partial charge in [-0.2, -0.15) is 8.78 Å². The fourth-order valence-corrected chi connectivity index (χ4v) is 2.83. The SMILES string of the molecule is CC(=O)CN(C[C@H](C(=O)Oc1c(F)c(F)c(F)c(F)c1F)N1C(=O)C=CC1=O)C(=O)OC(C)(C)C. The minimum atomic E-state index is -2.51. The Morgan fingerprint density at radius 1 is 0.914 bits per heavy atom. The molecule has 1 aromatic rings. The number of carbonyl (C=O) groups is 5. The van der Waals surface area contributed by atoms with Gasteiger partial charge in [0.2, 0.25) is 34.8 Å². The first-order valence-corrected chi connectivity index (χ1v) is 9.80. The molecule has 0 spiro atoms. The Hall–Kier alpha value is -3.84. The van der Waals surface area contributed by atoms with E-state index in [1.165, 1.54) is 20.8 Å². The Bertz CT molecular complexity index is 1080. The van der Waals surface area contributed by atoms with E-state index in [2.05, 4.69) is 4.74 Å². The minimum Gasteiger partial charge on any atom is -0.444 e. The second-order valence-electron chi connectivity index (χ2n) is 8.28. The maximum Gasteiger partial charge on any atom is 0.410 e. The van der Waals surface area contributed by atoms with Crippen LogP contribution in [0.4, 0.5) is 26.7 Å². The second kappa shape index (κ2) is 10.2. The molecule has 9 nitrogen and oxygen atoms in total. The molecular formula is C21H19F5N2O7. The van der Waals surface area contributed by atoms with Gasteiger partial charge in [0, 0.05) is 12.2 Å². The van der Waals surface area contributed by atoms with Crippen molar-refractivity contribution in [3.05, 3.63) is 41.2 Å². The highest BCUT2D eigenvalue weighted by Gasteiger charge is 2.41. The molecule has 0 aromatic heterocycles. The third kappa shape index (κ3) is 6.19. The Morgan fingerprint density at radius 3 is 1.80 bits per heavy atom. The molecule has 1 aromatic carbocycles. The van der Waals surface area contributed by atoms with Crippen molar-refractivity contribution in [2.45, 2.75) is 39.3 Å². The first-order chi connectivity index (χ1) is 16.0. The van der Waals surface area contributed by atoms with Gasteiger partial charge in [0.05, 0.1) is 13.1 Å². The zero-order valence-electron chi connectivity index (χ0n) is 18.8. The van der Waals surface area contributed by atoms with Crippen molar-refractivity contribution in [1.29, 1.82) is 0 Å². The van der Waals surface area contributed by atoms with Gasteiger partial charge in [-0.05, 0) is 27.7 Å². The molecule has 0 saturated carbocycles. The van der Waals surface area contributed by atoms with E-state index >= 15 is 0 Å². The topological polar surface area (TPSA) is 110 Å². The molecule has 14 heteroatoms. The van der Waals surface area contributed by atoms with Crippen LogP contribution in [-0.4, -0.2) is 64.2 Å². The molecule has 35 heavy (non-hydrogen) atoms. The number of carbonyl (C=O) groups excluding carboxylic acids is 5. The standard InChI is InChI=1S/C21H19F5N2O7/c1-9(29)7-27(20(33)35-21(2,3)4)8-10(28-11(30)5-6-12(28)31)19(32)34-18-16(25)14(23)13(22)15(24)17(18)26/h5-6,10H,7-8H2,1-4H3/t10-/m1/s1. The molecule has 1 aliphatic heterocycles. The number of imide groups is 1. The Balaban J connectivity index is 2.49. The fraction of sp³-hybridized carbons (Fsp3) is 0.381. The number of esters is 1. The van der Waals surface area contributed by atoms with Crippen LogP contribution in [0.15, 0.2) is 12.2 Å². The molecule has 0 radical (unpaired) electrons. The number of hydrogen-bond donors (Lipinski definition) is 0. The van der Waals surface area contributed by atoms with Crippen molar-refractivity contribution in [3.8, 4) is 5.75 Å². The number of nitrogens with zero attached hydrogens (tertiary/aromatic N) is 2. The molecule has 1 heterocycles. The van der Waals surface area contributed by atoms with Gasteiger partial charge in [0.1, 0.15) is 11.4 Å². The highest BCUT2D eigenvalue weighted by atomic mass is 19.2. The smallest absolute Gasteiger partial charge is 0.410 e. The van der Waals surface area contributed by atoms with Crippen molar-refractivity contribution < 1.29 is 55.4 Å². The average Bonchev–Trinajstić information content (AvgIpc) is 3.07. The van der Waals surface area contributed by atoms with Crippen molar-refractivity contribution in [2.24, 2.45) is 0 Å². The van der Waals surface area contributed by atoms with Crippen LogP contribution in [0.25, 0.3) is 0 Å². The van der Waals surface area contributed by atoms with E-state index in [1.54, 1.807) is 0 Å². The number of halogens is 5. The summed E-state index contributed by atoms with van der Waals surface area (Å²) in [5.74, 6) is -19.0. The van der Waals surface area contributed by atoms with Crippen LogP contribution < -0.4 is 4.74 Å². The van der Waals surface area contributed by atoms with Gasteiger partial charge < -0.3 is 9.47 Å². The number of amides is 3. The number of benzene rings is 1. The normalized spacial score (nSPS) is 14.3. The van der Waals surface area contributed by atoms with Gasteiger partial charge >= 0.3 is 12.1 Å². The first-order valence-electron chi connectivity index (χ1n) is 9.80. The molecule has 0 unspecified atom stereocenters. The quantitative estimate of drug-likeness (QED) is 0.140. The Kier molecular flexibility index (Phi) is 7.98. The third-order valence-electron chi connectivity index (χ3n) is 4.26. The van der Waals surface area contributed by atoms with Crippen molar-refractivity contribution >= 4 is 29.7 Å². The van der Waals surface area contributed by atoms with E-state index in [0.29, 0.717) is 4.90 Å². The number of ketones is 1. The van der Waals surface area contributed by atoms with Crippen LogP contribution in [0.3, 0.4) is 0 Å². The molecule has 1 aliphatic rings. The molecule has 0 saturated heterocycles. The summed E-state index contributed by atoms with van der Waals surface area (Å²) < 4.78 is 77.8. The summed E-state index contributed by atoms with van der Waals surface area (Å²) in [6, 6.07) is -2.16. The van der Waals surface area contributed by atoms with Gasteiger partial charge in [0.15, 0.2) is 6.04 Å². The molecule has 0 bridgehead atoms. The van der Waals surface area contributed by atoms with Crippen LogP contribution in [0, 0.1) is 29.1 Å². The average molecular weight is 506 g/mol. The highest BCUT2D eigenvalue weighted by Crippen LogP contribution is 2.30. The molecule has 2 rings (SSSR count).